The fraction of sp³-hybridized carbons (Fsp3) is 0.480. The highest BCUT2D eigenvalue weighted by Crippen LogP contribution is 2.52. The van der Waals surface area contributed by atoms with Crippen LogP contribution in [0.2, 0.25) is 0 Å². The van der Waals surface area contributed by atoms with E-state index in [4.69, 9.17) is 0 Å². The minimum atomic E-state index is -2.29. The number of carbonyl (C=O) groups is 3. The van der Waals surface area contributed by atoms with Gasteiger partial charge in [-0.2, -0.15) is 0 Å². The van der Waals surface area contributed by atoms with E-state index in [0.29, 0.717) is 30.4 Å². The highest BCUT2D eigenvalue weighted by molar-refractivity contribution is 6.25. The average molecular weight is 424 g/mol. The molecular formula is C25H28O6. The molecule has 3 unspecified atom stereocenters. The minimum absolute atomic E-state index is 0.0161. The number of benzene rings is 1. The Morgan fingerprint density at radius 3 is 2.39 bits per heavy atom. The van der Waals surface area contributed by atoms with Crippen LogP contribution in [-0.2, 0) is 16.0 Å². The Bertz CT molecular complexity index is 1120. The molecule has 164 valence electrons. The molecule has 0 fully saturated rings. The van der Waals surface area contributed by atoms with Crippen LogP contribution in [0.1, 0.15) is 73.5 Å². The Balaban J connectivity index is 1.94. The van der Waals surface area contributed by atoms with Crippen molar-refractivity contribution >= 4 is 17.3 Å². The van der Waals surface area contributed by atoms with Crippen molar-refractivity contribution in [3.05, 3.63) is 50.8 Å². The molecule has 0 spiro atoms. The average Bonchev–Trinajstić information content (AvgIpc) is 2.66. The van der Waals surface area contributed by atoms with Crippen molar-refractivity contribution in [2.45, 2.75) is 65.4 Å². The van der Waals surface area contributed by atoms with Crippen molar-refractivity contribution in [3.63, 3.8) is 0 Å². The molecule has 0 saturated carbocycles. The third-order valence-corrected chi connectivity index (χ3v) is 7.27. The number of aromatic hydroxyl groups is 1. The maximum atomic E-state index is 13.5. The number of phenols is 1. The van der Waals surface area contributed by atoms with E-state index in [0.717, 1.165) is 11.1 Å². The molecule has 3 N–H and O–H groups in total. The second-order valence-electron chi connectivity index (χ2n) is 9.58. The predicted molar refractivity (Wildman–Crippen MR) is 114 cm³/mol. The number of aliphatic hydroxyl groups excluding tert-OH is 1. The highest BCUT2D eigenvalue weighted by atomic mass is 16.3. The van der Waals surface area contributed by atoms with Crippen molar-refractivity contribution in [1.29, 1.82) is 0 Å². The molecule has 0 amide bonds. The number of rotatable bonds is 2. The molecule has 6 heteroatoms. The monoisotopic (exact) mass is 424 g/mol. The number of fused-ring (bicyclic) bond motifs is 3. The molecule has 0 aromatic heterocycles. The standard InChI is InChI=1S/C25H28O6/c1-10(2)16-7-12(4)21(27)20-17(16)9-14-8-15-6-11(3)18(13(5)26)23(29)25(15,31)24(30)19(14)22(20)28/h7,10,14-15,27,30-31H,6,8-9H2,1-5H3. The van der Waals surface area contributed by atoms with Crippen molar-refractivity contribution in [1.82, 2.24) is 0 Å². The first kappa shape index (κ1) is 21.5. The van der Waals surface area contributed by atoms with Crippen LogP contribution in [0.15, 0.2) is 28.5 Å². The number of ketones is 3. The fourth-order valence-electron chi connectivity index (χ4n) is 5.78. The number of carbonyl (C=O) groups excluding carboxylic acids is 3. The van der Waals surface area contributed by atoms with Crippen molar-refractivity contribution in [2.24, 2.45) is 11.8 Å². The second kappa shape index (κ2) is 6.89. The lowest BCUT2D eigenvalue weighted by Crippen LogP contribution is -2.56. The number of hydrogen-bond donors (Lipinski definition) is 3. The van der Waals surface area contributed by atoms with Gasteiger partial charge in [-0.1, -0.05) is 25.5 Å². The molecule has 0 bridgehead atoms. The first-order valence-electron chi connectivity index (χ1n) is 10.7. The summed E-state index contributed by atoms with van der Waals surface area (Å²) >= 11 is 0. The summed E-state index contributed by atoms with van der Waals surface area (Å²) in [7, 11) is 0. The molecule has 0 aliphatic heterocycles. The molecule has 3 aliphatic carbocycles. The van der Waals surface area contributed by atoms with Gasteiger partial charge in [0, 0.05) is 11.5 Å². The van der Waals surface area contributed by atoms with E-state index in [9.17, 15) is 29.7 Å². The molecule has 3 atom stereocenters. The van der Waals surface area contributed by atoms with Gasteiger partial charge < -0.3 is 15.3 Å². The van der Waals surface area contributed by atoms with Crippen LogP contribution in [0.3, 0.4) is 0 Å². The number of Topliss-reactive ketones (excluding diaryl/α,β-unsaturated/α-hetero) is 3. The largest absolute Gasteiger partial charge is 0.508 e. The molecule has 3 aliphatic rings. The van der Waals surface area contributed by atoms with Crippen LogP contribution >= 0.6 is 0 Å². The van der Waals surface area contributed by atoms with Gasteiger partial charge in [0.15, 0.2) is 17.2 Å². The lowest BCUT2D eigenvalue weighted by atomic mass is 9.59. The summed E-state index contributed by atoms with van der Waals surface area (Å²) in [5.41, 5.74) is 0.646. The van der Waals surface area contributed by atoms with E-state index < -0.39 is 34.6 Å². The molecule has 0 radical (unpaired) electrons. The van der Waals surface area contributed by atoms with E-state index in [2.05, 4.69) is 0 Å². The van der Waals surface area contributed by atoms with E-state index in [1.807, 2.05) is 19.9 Å². The topological polar surface area (TPSA) is 112 Å². The third kappa shape index (κ3) is 2.77. The maximum absolute atomic E-state index is 13.5. The van der Waals surface area contributed by atoms with Gasteiger partial charge in [-0.05, 0) is 68.6 Å². The van der Waals surface area contributed by atoms with Gasteiger partial charge in [-0.15, -0.1) is 0 Å². The SMILES string of the molecule is CC(=O)C1=C(C)CC2CC3Cc4c(C(C)C)cc(C)c(O)c4C(=O)C3=C(O)C2(O)C1=O. The van der Waals surface area contributed by atoms with Gasteiger partial charge in [-0.3, -0.25) is 14.4 Å². The van der Waals surface area contributed by atoms with E-state index in [-0.39, 0.29) is 34.3 Å². The quantitative estimate of drug-likeness (QED) is 0.625. The first-order valence-corrected chi connectivity index (χ1v) is 10.7. The summed E-state index contributed by atoms with van der Waals surface area (Å²) in [6, 6.07) is 1.90. The summed E-state index contributed by atoms with van der Waals surface area (Å²) < 4.78 is 0. The number of aliphatic hydroxyl groups is 2. The zero-order valence-corrected chi connectivity index (χ0v) is 18.5. The molecule has 4 rings (SSSR count). The van der Waals surface area contributed by atoms with Crippen LogP contribution in [0.25, 0.3) is 0 Å². The van der Waals surface area contributed by atoms with Gasteiger partial charge in [-0.25, -0.2) is 0 Å². The molecule has 1 aromatic carbocycles. The lowest BCUT2D eigenvalue weighted by Gasteiger charge is -2.46. The van der Waals surface area contributed by atoms with Gasteiger partial charge >= 0.3 is 0 Å². The molecule has 1 aromatic rings. The fourth-order valence-corrected chi connectivity index (χ4v) is 5.78. The van der Waals surface area contributed by atoms with Gasteiger partial charge in [0.1, 0.15) is 11.5 Å². The lowest BCUT2D eigenvalue weighted by molar-refractivity contribution is -0.143. The summed E-state index contributed by atoms with van der Waals surface area (Å²) in [6.07, 6.45) is 1.06. The van der Waals surface area contributed by atoms with Gasteiger partial charge in [0.25, 0.3) is 0 Å². The van der Waals surface area contributed by atoms with Crippen molar-refractivity contribution in [3.8, 4) is 5.75 Å². The highest BCUT2D eigenvalue weighted by Gasteiger charge is 2.58. The van der Waals surface area contributed by atoms with Gasteiger partial charge in [0.05, 0.1) is 11.1 Å². The Hall–Kier alpha value is -2.73. The van der Waals surface area contributed by atoms with E-state index in [1.54, 1.807) is 13.8 Å². The summed E-state index contributed by atoms with van der Waals surface area (Å²) in [4.78, 5) is 38.7. The van der Waals surface area contributed by atoms with Gasteiger partial charge in [0.2, 0.25) is 5.78 Å². The minimum Gasteiger partial charge on any atom is -0.508 e. The third-order valence-electron chi connectivity index (χ3n) is 7.27. The zero-order valence-electron chi connectivity index (χ0n) is 18.5. The van der Waals surface area contributed by atoms with Crippen LogP contribution < -0.4 is 0 Å². The molecule has 31 heavy (non-hydrogen) atoms. The normalized spacial score (nSPS) is 28.0. The summed E-state index contributed by atoms with van der Waals surface area (Å²) in [6.45, 7) is 8.72. The Kier molecular flexibility index (Phi) is 4.78. The number of hydrogen-bond acceptors (Lipinski definition) is 6. The van der Waals surface area contributed by atoms with Crippen LogP contribution in [-0.4, -0.2) is 38.3 Å². The smallest absolute Gasteiger partial charge is 0.205 e. The Labute approximate surface area is 181 Å². The Morgan fingerprint density at radius 2 is 1.81 bits per heavy atom. The summed E-state index contributed by atoms with van der Waals surface area (Å²) in [5, 5.41) is 33.2. The first-order chi connectivity index (χ1) is 14.4. The number of aryl methyl sites for hydroxylation is 1. The van der Waals surface area contributed by atoms with Crippen LogP contribution in [0, 0.1) is 18.8 Å². The zero-order chi connectivity index (χ0) is 23.0. The number of phenolic OH excluding ortho intramolecular Hbond substituents is 1. The number of allylic oxidation sites excluding steroid dienone is 2. The van der Waals surface area contributed by atoms with Crippen LogP contribution in [0.5, 0.6) is 5.75 Å². The maximum Gasteiger partial charge on any atom is 0.205 e. The molecule has 0 heterocycles. The molecule has 6 nitrogen and oxygen atoms in total. The Morgan fingerprint density at radius 1 is 1.16 bits per heavy atom. The van der Waals surface area contributed by atoms with E-state index >= 15 is 0 Å². The summed E-state index contributed by atoms with van der Waals surface area (Å²) in [5.74, 6) is -3.50. The van der Waals surface area contributed by atoms with Crippen molar-refractivity contribution < 1.29 is 29.7 Å². The van der Waals surface area contributed by atoms with Crippen LogP contribution in [0.4, 0.5) is 0 Å². The second-order valence-corrected chi connectivity index (χ2v) is 9.58. The molecule has 0 saturated heterocycles. The van der Waals surface area contributed by atoms with E-state index in [1.165, 1.54) is 6.92 Å². The molecular weight excluding hydrogens is 396 g/mol. The predicted octanol–water partition coefficient (Wildman–Crippen LogP) is 3.62. The van der Waals surface area contributed by atoms with Crippen molar-refractivity contribution in [2.75, 3.05) is 0 Å².